The number of urea groups is 1. The first-order valence-electron chi connectivity index (χ1n) is 7.51. The van der Waals surface area contributed by atoms with Crippen LogP contribution >= 0.6 is 23.1 Å². The second-order valence-corrected chi connectivity index (χ2v) is 6.64. The average molecular weight is 361 g/mol. The Morgan fingerprint density at radius 2 is 2.09 bits per heavy atom. The predicted octanol–water partition coefficient (Wildman–Crippen LogP) is 1.70. The van der Waals surface area contributed by atoms with Crippen molar-refractivity contribution in [3.8, 4) is 0 Å². The molecule has 3 N–H and O–H groups in total. The SMILES string of the molecule is CCCNC(=O)NC(=O)CSc1nnc(NCCCOCC)s1. The van der Waals surface area contributed by atoms with Gasteiger partial charge < -0.3 is 15.4 Å². The molecule has 23 heavy (non-hydrogen) atoms. The Kier molecular flexibility index (Phi) is 10.3. The van der Waals surface area contributed by atoms with Crippen molar-refractivity contribution >= 4 is 40.2 Å². The number of ether oxygens (including phenoxy) is 1. The highest BCUT2D eigenvalue weighted by Gasteiger charge is 2.10. The van der Waals surface area contributed by atoms with E-state index in [4.69, 9.17) is 4.74 Å². The lowest BCUT2D eigenvalue weighted by molar-refractivity contribution is -0.117. The Balaban J connectivity index is 2.20. The highest BCUT2D eigenvalue weighted by molar-refractivity contribution is 8.01. The molecule has 0 aliphatic heterocycles. The van der Waals surface area contributed by atoms with E-state index in [-0.39, 0.29) is 11.7 Å². The highest BCUT2D eigenvalue weighted by Crippen LogP contribution is 2.25. The number of carbonyl (C=O) groups is 2. The monoisotopic (exact) mass is 361 g/mol. The number of thioether (sulfide) groups is 1. The van der Waals surface area contributed by atoms with E-state index in [2.05, 4.69) is 26.1 Å². The molecule has 0 spiro atoms. The Morgan fingerprint density at radius 3 is 2.83 bits per heavy atom. The van der Waals surface area contributed by atoms with Crippen LogP contribution in [0.3, 0.4) is 0 Å². The third kappa shape index (κ3) is 9.36. The van der Waals surface area contributed by atoms with E-state index in [0.717, 1.165) is 26.0 Å². The van der Waals surface area contributed by atoms with Crippen LogP contribution < -0.4 is 16.0 Å². The van der Waals surface area contributed by atoms with Crippen LogP contribution in [-0.4, -0.2) is 54.2 Å². The van der Waals surface area contributed by atoms with Gasteiger partial charge in [-0.05, 0) is 19.8 Å². The number of nitrogens with one attached hydrogen (secondary N) is 3. The fourth-order valence-corrected chi connectivity index (χ4v) is 3.00. The zero-order valence-corrected chi connectivity index (χ0v) is 15.0. The first-order valence-corrected chi connectivity index (χ1v) is 9.31. The molecule has 0 saturated heterocycles. The molecule has 0 bridgehead atoms. The summed E-state index contributed by atoms with van der Waals surface area (Å²) in [6.45, 7) is 6.64. The van der Waals surface area contributed by atoms with Crippen molar-refractivity contribution < 1.29 is 14.3 Å². The third-order valence-corrected chi connectivity index (χ3v) is 4.48. The average Bonchev–Trinajstić information content (AvgIpc) is 2.98. The van der Waals surface area contributed by atoms with Crippen molar-refractivity contribution in [2.75, 3.05) is 37.4 Å². The molecule has 0 atom stereocenters. The minimum Gasteiger partial charge on any atom is -0.382 e. The molecule has 1 heterocycles. The van der Waals surface area contributed by atoms with E-state index in [1.54, 1.807) is 0 Å². The molecule has 3 amide bonds. The van der Waals surface area contributed by atoms with Crippen LogP contribution in [0.15, 0.2) is 4.34 Å². The third-order valence-electron chi connectivity index (χ3n) is 2.47. The Labute approximate surface area is 144 Å². The van der Waals surface area contributed by atoms with Crippen molar-refractivity contribution in [2.24, 2.45) is 0 Å². The van der Waals surface area contributed by atoms with Gasteiger partial charge in [0.05, 0.1) is 5.75 Å². The molecule has 10 heteroatoms. The van der Waals surface area contributed by atoms with Crippen LogP contribution in [-0.2, 0) is 9.53 Å². The molecule has 0 aromatic carbocycles. The number of carbonyl (C=O) groups excluding carboxylic acids is 2. The molecular formula is C13H23N5O3S2. The summed E-state index contributed by atoms with van der Waals surface area (Å²) in [5, 5.41) is 16.7. The van der Waals surface area contributed by atoms with Crippen LogP contribution in [0.5, 0.6) is 0 Å². The normalized spacial score (nSPS) is 10.3. The fourth-order valence-electron chi connectivity index (χ4n) is 1.43. The molecule has 0 radical (unpaired) electrons. The maximum atomic E-state index is 11.6. The lowest BCUT2D eigenvalue weighted by Crippen LogP contribution is -2.40. The van der Waals surface area contributed by atoms with Crippen molar-refractivity contribution in [1.29, 1.82) is 0 Å². The molecule has 0 saturated carbocycles. The first-order chi connectivity index (χ1) is 11.2. The number of rotatable bonds is 11. The molecule has 0 fully saturated rings. The van der Waals surface area contributed by atoms with Crippen LogP contribution in [0.1, 0.15) is 26.7 Å². The minimum atomic E-state index is -0.466. The topological polar surface area (TPSA) is 105 Å². The van der Waals surface area contributed by atoms with Gasteiger partial charge in [-0.3, -0.25) is 10.1 Å². The zero-order valence-electron chi connectivity index (χ0n) is 13.4. The molecule has 0 aliphatic carbocycles. The number of anilines is 1. The summed E-state index contributed by atoms with van der Waals surface area (Å²) >= 11 is 2.63. The minimum absolute atomic E-state index is 0.124. The maximum Gasteiger partial charge on any atom is 0.321 e. The first kappa shape index (κ1) is 19.7. The second-order valence-electron chi connectivity index (χ2n) is 4.44. The standard InChI is InChI=1S/C13H23N5O3S2/c1-3-6-14-11(20)16-10(19)9-22-13-18-17-12(23-13)15-7-5-8-21-4-2/h3-9H2,1-2H3,(H,15,17)(H2,14,16,19,20). The van der Waals surface area contributed by atoms with Crippen LogP contribution in [0.2, 0.25) is 0 Å². The van der Waals surface area contributed by atoms with Gasteiger partial charge in [-0.15, -0.1) is 10.2 Å². The van der Waals surface area contributed by atoms with Crippen molar-refractivity contribution in [1.82, 2.24) is 20.8 Å². The summed E-state index contributed by atoms with van der Waals surface area (Å²) in [5.41, 5.74) is 0. The molecule has 130 valence electrons. The van der Waals surface area contributed by atoms with Gasteiger partial charge in [-0.1, -0.05) is 30.0 Å². The summed E-state index contributed by atoms with van der Waals surface area (Å²) in [7, 11) is 0. The summed E-state index contributed by atoms with van der Waals surface area (Å²) < 4.78 is 5.93. The van der Waals surface area contributed by atoms with Crippen molar-refractivity contribution in [2.45, 2.75) is 31.0 Å². The van der Waals surface area contributed by atoms with Crippen molar-refractivity contribution in [3.63, 3.8) is 0 Å². The van der Waals surface area contributed by atoms with Crippen molar-refractivity contribution in [3.05, 3.63) is 0 Å². The van der Waals surface area contributed by atoms with Gasteiger partial charge in [0.25, 0.3) is 0 Å². The Bertz CT molecular complexity index is 484. The smallest absolute Gasteiger partial charge is 0.321 e. The van der Waals surface area contributed by atoms with Crippen LogP contribution in [0.4, 0.5) is 9.93 Å². The van der Waals surface area contributed by atoms with Gasteiger partial charge >= 0.3 is 6.03 Å². The van der Waals surface area contributed by atoms with Gasteiger partial charge in [-0.25, -0.2) is 4.79 Å². The molecule has 0 unspecified atom stereocenters. The Hall–Kier alpha value is -1.39. The van der Waals surface area contributed by atoms with Gasteiger partial charge in [0, 0.05) is 26.3 Å². The van der Waals surface area contributed by atoms with Gasteiger partial charge in [-0.2, -0.15) is 0 Å². The number of imide groups is 1. The van der Waals surface area contributed by atoms with Crippen LogP contribution in [0, 0.1) is 0 Å². The molecule has 8 nitrogen and oxygen atoms in total. The molecule has 1 aromatic rings. The van der Waals surface area contributed by atoms with E-state index in [0.29, 0.717) is 22.6 Å². The van der Waals surface area contributed by atoms with E-state index < -0.39 is 6.03 Å². The number of hydrogen-bond acceptors (Lipinski definition) is 8. The summed E-state index contributed by atoms with van der Waals surface area (Å²) in [6.07, 6.45) is 1.71. The number of aromatic nitrogens is 2. The zero-order chi connectivity index (χ0) is 16.9. The van der Waals surface area contributed by atoms with E-state index in [1.165, 1.54) is 23.1 Å². The molecule has 1 rings (SSSR count). The lowest BCUT2D eigenvalue weighted by atomic mass is 10.4. The highest BCUT2D eigenvalue weighted by atomic mass is 32.2. The number of amides is 3. The predicted molar refractivity (Wildman–Crippen MR) is 92.1 cm³/mol. The van der Waals surface area contributed by atoms with E-state index in [9.17, 15) is 9.59 Å². The molecular weight excluding hydrogens is 338 g/mol. The number of hydrogen-bond donors (Lipinski definition) is 3. The molecule has 1 aromatic heterocycles. The lowest BCUT2D eigenvalue weighted by Gasteiger charge is -2.04. The van der Waals surface area contributed by atoms with Gasteiger partial charge in [0.15, 0.2) is 4.34 Å². The molecule has 0 aliphatic rings. The van der Waals surface area contributed by atoms with Gasteiger partial charge in [0.2, 0.25) is 11.0 Å². The van der Waals surface area contributed by atoms with E-state index in [1.807, 2.05) is 13.8 Å². The van der Waals surface area contributed by atoms with E-state index >= 15 is 0 Å². The fraction of sp³-hybridized carbons (Fsp3) is 0.692. The van der Waals surface area contributed by atoms with Gasteiger partial charge in [0.1, 0.15) is 0 Å². The summed E-state index contributed by atoms with van der Waals surface area (Å²) in [4.78, 5) is 22.9. The Morgan fingerprint density at radius 1 is 1.26 bits per heavy atom. The quantitative estimate of drug-likeness (QED) is 0.407. The number of nitrogens with zero attached hydrogens (tertiary/aromatic N) is 2. The summed E-state index contributed by atoms with van der Waals surface area (Å²) in [6, 6.07) is -0.466. The largest absolute Gasteiger partial charge is 0.382 e. The summed E-state index contributed by atoms with van der Waals surface area (Å²) in [5.74, 6) is -0.233. The second kappa shape index (κ2) is 12.1. The maximum absolute atomic E-state index is 11.6. The van der Waals surface area contributed by atoms with Crippen LogP contribution in [0.25, 0.3) is 0 Å².